The Morgan fingerprint density at radius 2 is 1.56 bits per heavy atom. The third-order valence-corrected chi connectivity index (χ3v) is 3.87. The zero-order chi connectivity index (χ0) is 18.4. The molecule has 7 heteroatoms. The summed E-state index contributed by atoms with van der Waals surface area (Å²) in [6, 6.07) is 10.8. The van der Waals surface area contributed by atoms with Crippen molar-refractivity contribution in [2.45, 2.75) is 13.8 Å². The minimum absolute atomic E-state index is 0.284. The molecule has 2 aromatic carbocycles. The van der Waals surface area contributed by atoms with Gasteiger partial charge in [0.15, 0.2) is 5.11 Å². The van der Waals surface area contributed by atoms with Gasteiger partial charge in [0, 0.05) is 17.3 Å². The molecule has 132 valence electrons. The molecule has 0 heterocycles. The van der Waals surface area contributed by atoms with Gasteiger partial charge in [0.25, 0.3) is 5.91 Å². The summed E-state index contributed by atoms with van der Waals surface area (Å²) in [7, 11) is 3.05. The second-order valence-corrected chi connectivity index (χ2v) is 5.84. The fourth-order valence-electron chi connectivity index (χ4n) is 2.11. The van der Waals surface area contributed by atoms with Gasteiger partial charge >= 0.3 is 0 Å². The lowest BCUT2D eigenvalue weighted by Crippen LogP contribution is -2.43. The van der Waals surface area contributed by atoms with Crippen molar-refractivity contribution in [3.8, 4) is 11.5 Å². The molecule has 0 saturated heterocycles. The molecular weight excluding hydrogens is 338 g/mol. The first-order valence-corrected chi connectivity index (χ1v) is 8.01. The van der Waals surface area contributed by atoms with Crippen LogP contribution in [-0.2, 0) is 0 Å². The Hall–Kier alpha value is -2.80. The highest BCUT2D eigenvalue weighted by atomic mass is 32.1. The Kier molecular flexibility index (Phi) is 6.19. The largest absolute Gasteiger partial charge is 0.497 e. The van der Waals surface area contributed by atoms with Crippen molar-refractivity contribution < 1.29 is 14.3 Å². The van der Waals surface area contributed by atoms with Gasteiger partial charge in [-0.1, -0.05) is 6.07 Å². The van der Waals surface area contributed by atoms with Crippen molar-refractivity contribution >= 4 is 28.9 Å². The number of rotatable bonds is 4. The normalized spacial score (nSPS) is 9.92. The number of benzene rings is 2. The van der Waals surface area contributed by atoms with Gasteiger partial charge < -0.3 is 14.8 Å². The smallest absolute Gasteiger partial charge is 0.269 e. The molecule has 0 aromatic heterocycles. The predicted octanol–water partition coefficient (Wildman–Crippen LogP) is 2.95. The van der Waals surface area contributed by atoms with E-state index in [0.717, 1.165) is 11.3 Å². The average Bonchev–Trinajstić information content (AvgIpc) is 2.62. The number of anilines is 1. The number of hydrogen-bond acceptors (Lipinski definition) is 4. The molecule has 6 nitrogen and oxygen atoms in total. The zero-order valence-electron chi connectivity index (χ0n) is 14.6. The van der Waals surface area contributed by atoms with E-state index in [4.69, 9.17) is 21.7 Å². The summed E-state index contributed by atoms with van der Waals surface area (Å²) in [6.45, 7) is 4.06. The fraction of sp³-hybridized carbons (Fsp3) is 0.222. The van der Waals surface area contributed by atoms with Crippen LogP contribution in [0.3, 0.4) is 0 Å². The van der Waals surface area contributed by atoms with Crippen LogP contribution in [0.5, 0.6) is 11.5 Å². The Bertz CT molecular complexity index is 771. The highest BCUT2D eigenvalue weighted by Crippen LogP contribution is 2.22. The average molecular weight is 359 g/mol. The number of aryl methyl sites for hydroxylation is 2. The number of amides is 1. The van der Waals surface area contributed by atoms with E-state index in [1.807, 2.05) is 32.0 Å². The molecule has 25 heavy (non-hydrogen) atoms. The number of hydrazine groups is 1. The number of thiocarbonyl (C=S) groups is 1. The zero-order valence-corrected chi connectivity index (χ0v) is 15.4. The molecule has 2 aromatic rings. The SMILES string of the molecule is COc1cc(OC)cc(C(=O)NNC(=S)Nc2ccc(C)c(C)c2)c1. The molecular formula is C18H21N3O3S. The first-order chi connectivity index (χ1) is 11.9. The van der Waals surface area contributed by atoms with Gasteiger partial charge in [-0.3, -0.25) is 15.6 Å². The predicted molar refractivity (Wildman–Crippen MR) is 102 cm³/mol. The van der Waals surface area contributed by atoms with Crippen LogP contribution in [0.25, 0.3) is 0 Å². The lowest BCUT2D eigenvalue weighted by atomic mass is 10.1. The molecule has 1 amide bonds. The van der Waals surface area contributed by atoms with E-state index in [1.165, 1.54) is 19.8 Å². The highest BCUT2D eigenvalue weighted by molar-refractivity contribution is 7.80. The quantitative estimate of drug-likeness (QED) is 0.576. The van der Waals surface area contributed by atoms with Crippen LogP contribution in [0.2, 0.25) is 0 Å². The Labute approximate surface area is 152 Å². The Morgan fingerprint density at radius 1 is 0.920 bits per heavy atom. The molecule has 0 aliphatic carbocycles. The minimum atomic E-state index is -0.360. The molecule has 0 spiro atoms. The van der Waals surface area contributed by atoms with Crippen LogP contribution in [0, 0.1) is 13.8 Å². The number of carbonyl (C=O) groups excluding carboxylic acids is 1. The van der Waals surface area contributed by atoms with E-state index in [1.54, 1.807) is 18.2 Å². The summed E-state index contributed by atoms with van der Waals surface area (Å²) in [5.74, 6) is 0.696. The van der Waals surface area contributed by atoms with Crippen LogP contribution in [0.15, 0.2) is 36.4 Å². The van der Waals surface area contributed by atoms with E-state index in [9.17, 15) is 4.79 Å². The molecule has 0 aliphatic rings. The van der Waals surface area contributed by atoms with Gasteiger partial charge in [0.05, 0.1) is 14.2 Å². The van der Waals surface area contributed by atoms with Crippen molar-refractivity contribution in [2.75, 3.05) is 19.5 Å². The highest BCUT2D eigenvalue weighted by Gasteiger charge is 2.10. The molecule has 0 atom stereocenters. The Morgan fingerprint density at radius 3 is 2.12 bits per heavy atom. The van der Waals surface area contributed by atoms with E-state index in [0.29, 0.717) is 17.1 Å². The van der Waals surface area contributed by atoms with E-state index in [2.05, 4.69) is 16.2 Å². The van der Waals surface area contributed by atoms with Crippen molar-refractivity contribution in [2.24, 2.45) is 0 Å². The molecule has 0 radical (unpaired) electrons. The summed E-state index contributed by atoms with van der Waals surface area (Å²) < 4.78 is 10.3. The van der Waals surface area contributed by atoms with Crippen LogP contribution in [0.4, 0.5) is 5.69 Å². The molecule has 0 fully saturated rings. The maximum atomic E-state index is 12.3. The van der Waals surface area contributed by atoms with Crippen LogP contribution in [-0.4, -0.2) is 25.2 Å². The van der Waals surface area contributed by atoms with Crippen molar-refractivity contribution in [1.29, 1.82) is 0 Å². The van der Waals surface area contributed by atoms with Gasteiger partial charge in [-0.2, -0.15) is 0 Å². The first kappa shape index (κ1) is 18.5. The molecule has 0 bridgehead atoms. The van der Waals surface area contributed by atoms with Crippen LogP contribution >= 0.6 is 12.2 Å². The summed E-state index contributed by atoms with van der Waals surface area (Å²) in [5.41, 5.74) is 8.81. The van der Waals surface area contributed by atoms with Crippen molar-refractivity contribution in [3.05, 3.63) is 53.1 Å². The molecule has 2 rings (SSSR count). The third-order valence-electron chi connectivity index (χ3n) is 3.67. The topological polar surface area (TPSA) is 71.6 Å². The summed E-state index contributed by atoms with van der Waals surface area (Å²) in [4.78, 5) is 12.3. The lowest BCUT2D eigenvalue weighted by Gasteiger charge is -2.13. The van der Waals surface area contributed by atoms with Crippen LogP contribution in [0.1, 0.15) is 21.5 Å². The molecule has 0 unspecified atom stereocenters. The van der Waals surface area contributed by atoms with Gasteiger partial charge in [-0.15, -0.1) is 0 Å². The second-order valence-electron chi connectivity index (χ2n) is 5.43. The van der Waals surface area contributed by atoms with Gasteiger partial charge in [-0.05, 0) is 61.5 Å². The van der Waals surface area contributed by atoms with Crippen LogP contribution < -0.4 is 25.6 Å². The summed E-state index contributed by atoms with van der Waals surface area (Å²) in [6.07, 6.45) is 0. The number of hydrogen-bond donors (Lipinski definition) is 3. The van der Waals surface area contributed by atoms with Gasteiger partial charge in [0.1, 0.15) is 11.5 Å². The van der Waals surface area contributed by atoms with E-state index < -0.39 is 0 Å². The number of methoxy groups -OCH3 is 2. The lowest BCUT2D eigenvalue weighted by molar-refractivity contribution is 0.0943. The number of carbonyl (C=O) groups is 1. The maximum Gasteiger partial charge on any atom is 0.269 e. The fourth-order valence-corrected chi connectivity index (χ4v) is 2.27. The first-order valence-electron chi connectivity index (χ1n) is 7.60. The maximum absolute atomic E-state index is 12.3. The van der Waals surface area contributed by atoms with Gasteiger partial charge in [0.2, 0.25) is 0 Å². The third kappa shape index (κ3) is 5.09. The van der Waals surface area contributed by atoms with Crippen molar-refractivity contribution in [1.82, 2.24) is 10.9 Å². The number of nitrogens with one attached hydrogen (secondary N) is 3. The molecule has 3 N–H and O–H groups in total. The number of ether oxygens (including phenoxy) is 2. The summed E-state index contributed by atoms with van der Waals surface area (Å²) >= 11 is 5.19. The molecule has 0 saturated carbocycles. The van der Waals surface area contributed by atoms with E-state index >= 15 is 0 Å². The summed E-state index contributed by atoms with van der Waals surface area (Å²) in [5, 5.41) is 3.30. The monoisotopic (exact) mass is 359 g/mol. The van der Waals surface area contributed by atoms with Crippen molar-refractivity contribution in [3.63, 3.8) is 0 Å². The molecule has 0 aliphatic heterocycles. The standard InChI is InChI=1S/C18H21N3O3S/c1-11-5-6-14(7-12(11)2)19-18(25)21-20-17(22)13-8-15(23-3)10-16(9-13)24-4/h5-10H,1-4H3,(H,20,22)(H2,19,21,25). The second kappa shape index (κ2) is 8.34. The van der Waals surface area contributed by atoms with Gasteiger partial charge in [-0.25, -0.2) is 0 Å². The van der Waals surface area contributed by atoms with E-state index in [-0.39, 0.29) is 11.0 Å². The Balaban J connectivity index is 1.97. The minimum Gasteiger partial charge on any atom is -0.497 e.